The van der Waals surface area contributed by atoms with E-state index in [0.29, 0.717) is 37.4 Å². The summed E-state index contributed by atoms with van der Waals surface area (Å²) >= 11 is 5.30. The molecular weight excluding hydrogens is 1010 g/mol. The van der Waals surface area contributed by atoms with Gasteiger partial charge in [-0.15, -0.1) is 0 Å². The first-order valence-corrected chi connectivity index (χ1v) is 21.6. The third-order valence-corrected chi connectivity index (χ3v) is 2.55. The van der Waals surface area contributed by atoms with Crippen LogP contribution in [0.3, 0.4) is 0 Å². The number of halogens is 2. The van der Waals surface area contributed by atoms with E-state index in [1.807, 2.05) is 0 Å². The van der Waals surface area contributed by atoms with Crippen molar-refractivity contribution in [2.24, 2.45) is 28.3 Å². The Kier molecular flexibility index (Phi) is 61.7. The van der Waals surface area contributed by atoms with Crippen molar-refractivity contribution >= 4 is 50.6 Å². The molecule has 0 aromatic rings. The quantitative estimate of drug-likeness (QED) is 0.0959. The molecule has 0 aromatic heterocycles. The Morgan fingerprint density at radius 2 is 0.935 bits per heavy atom. The number of carbonyl (C=O) groups is 2. The van der Waals surface area contributed by atoms with Gasteiger partial charge >= 0.3 is 82.9 Å². The zero-order valence-corrected chi connectivity index (χ0v) is 26.0. The molecule has 0 aromatic carbocycles. The second-order valence-electron chi connectivity index (χ2n) is 4.99. The molecule has 12 nitrogen and oxygen atoms in total. The van der Waals surface area contributed by atoms with Gasteiger partial charge in [0, 0.05) is 26.3 Å². The van der Waals surface area contributed by atoms with Gasteiger partial charge in [-0.3, -0.25) is 9.59 Å². The number of hydrogen-bond acceptors (Lipinski definition) is 10. The maximum Gasteiger partial charge on any atom is 2.00 e. The van der Waals surface area contributed by atoms with E-state index in [9.17, 15) is 9.59 Å². The third-order valence-electron chi connectivity index (χ3n) is 2.55. The van der Waals surface area contributed by atoms with Crippen molar-refractivity contribution in [3.8, 4) is 0 Å². The molecule has 0 atom stereocenters. The van der Waals surface area contributed by atoms with Crippen LogP contribution in [0, 0.1) is 5.41 Å². The van der Waals surface area contributed by atoms with Crippen molar-refractivity contribution < 1.29 is 72.5 Å². The van der Waals surface area contributed by atoms with Crippen LogP contribution in [0.5, 0.6) is 0 Å². The molecule has 16 heteroatoms. The molecule has 0 aliphatic heterocycles. The molecule has 0 radical (unpaired) electrons. The van der Waals surface area contributed by atoms with E-state index in [1.165, 1.54) is 0 Å². The standard InChI is InChI=1S/C5H6O4.2C3H9NO.2C2H7NO.2HI.2Pt/c6-3(7)5(1-2-5)4(8)9;2*4-2-1-3-5;2*3-1-2-4;;;;/h1-2H2,(H,6,7)(H,8,9);2*5H,1-4H2;2*4H,1-3H2;2*1H;;/q;;;;;;;+2;+4/p-2. The third kappa shape index (κ3) is 45.6. The number of carboxylic acids is 2. The smallest absolute Gasteiger partial charge is 2.00 e. The van der Waals surface area contributed by atoms with Gasteiger partial charge in [0.2, 0.25) is 0 Å². The van der Waals surface area contributed by atoms with Crippen LogP contribution in [-0.2, 0) is 41.9 Å². The Bertz CT molecular complexity index is 318. The fourth-order valence-corrected chi connectivity index (χ4v) is 0.827. The molecule has 1 saturated carbocycles. The maximum absolute atomic E-state index is 10.1. The van der Waals surface area contributed by atoms with Crippen molar-refractivity contribution in [2.75, 3.05) is 52.6 Å². The van der Waals surface area contributed by atoms with Crippen molar-refractivity contribution in [3.05, 3.63) is 0 Å². The number of aliphatic carboxylic acids is 2. The topological polar surface area (TPSA) is 260 Å². The van der Waals surface area contributed by atoms with E-state index in [2.05, 4.69) is 38.7 Å². The summed E-state index contributed by atoms with van der Waals surface area (Å²) in [5, 5.41) is 48.1. The predicted octanol–water partition coefficient (Wildman–Crippen LogP) is -1.77. The average molecular weight is 1050 g/mol. The van der Waals surface area contributed by atoms with E-state index >= 15 is 0 Å². The van der Waals surface area contributed by atoms with Crippen LogP contribution >= 0.6 is 38.7 Å². The summed E-state index contributed by atoms with van der Waals surface area (Å²) in [4.78, 5) is 20.3. The van der Waals surface area contributed by atoms with Gasteiger partial charge in [0.25, 0.3) is 0 Å². The number of aliphatic hydroxyl groups is 4. The summed E-state index contributed by atoms with van der Waals surface area (Å²) in [5.41, 5.74) is 18.1. The molecule has 0 bridgehead atoms. The molecular formula is C15H38I2N4O8Pt2+4. The zero-order valence-electron chi connectivity index (χ0n) is 17.2. The number of aliphatic hydroxyl groups excluding tert-OH is 4. The minimum absolute atomic E-state index is 0. The van der Waals surface area contributed by atoms with E-state index in [0.717, 1.165) is 12.8 Å². The van der Waals surface area contributed by atoms with E-state index in [-0.39, 0.29) is 60.3 Å². The van der Waals surface area contributed by atoms with Crippen molar-refractivity contribution in [2.45, 2.75) is 25.7 Å². The van der Waals surface area contributed by atoms with Gasteiger partial charge in [-0.2, -0.15) is 0 Å². The first-order chi connectivity index (χ1) is 14.2. The van der Waals surface area contributed by atoms with Gasteiger partial charge in [-0.1, -0.05) is 0 Å². The van der Waals surface area contributed by atoms with Crippen LogP contribution < -0.4 is 22.9 Å². The SMILES string of the molecule is NCCCO.NCCCO.NCCO.NCCO.O=C(O)C1(C(=O)O)CC1.[I][Pt+2][I].[Pt+2]. The molecule has 0 spiro atoms. The summed E-state index contributed by atoms with van der Waals surface area (Å²) in [6.45, 7) is 2.57. The summed E-state index contributed by atoms with van der Waals surface area (Å²) in [7, 11) is 0. The summed E-state index contributed by atoms with van der Waals surface area (Å²) in [6, 6.07) is 0. The largest absolute Gasteiger partial charge is 2.00 e. The average Bonchev–Trinajstić information content (AvgIpc) is 3.54. The Hall–Kier alpha value is 1.46. The molecule has 1 aliphatic rings. The summed E-state index contributed by atoms with van der Waals surface area (Å²) < 4.78 is 0. The monoisotopic (exact) mass is 1050 g/mol. The number of nitrogens with two attached hydrogens (primary N) is 4. The summed E-state index contributed by atoms with van der Waals surface area (Å²) in [5.74, 6) is -2.43. The van der Waals surface area contributed by atoms with Gasteiger partial charge in [-0.25, -0.2) is 0 Å². The van der Waals surface area contributed by atoms with Gasteiger partial charge in [-0.05, 0) is 38.8 Å². The minimum Gasteiger partial charge on any atom is 2.00 e. The second-order valence-corrected chi connectivity index (χ2v) is 21.6. The van der Waals surface area contributed by atoms with E-state index in [1.54, 1.807) is 0 Å². The molecule has 1 rings (SSSR count). The number of hydrogen-bond donors (Lipinski definition) is 10. The van der Waals surface area contributed by atoms with Crippen LogP contribution in [0.25, 0.3) is 0 Å². The minimum atomic E-state index is -1.42. The molecule has 196 valence electrons. The summed E-state index contributed by atoms with van der Waals surface area (Å²) in [6.07, 6.45) is 2.00. The zero-order chi connectivity index (χ0) is 24.8. The molecule has 0 amide bonds. The first-order valence-electron chi connectivity index (χ1n) is 8.70. The molecule has 0 heterocycles. The second kappa shape index (κ2) is 41.7. The van der Waals surface area contributed by atoms with Gasteiger partial charge in [0.15, 0.2) is 5.41 Å². The molecule has 14 N–H and O–H groups in total. The van der Waals surface area contributed by atoms with Crippen molar-refractivity contribution in [1.29, 1.82) is 0 Å². The molecule has 1 fully saturated rings. The molecule has 31 heavy (non-hydrogen) atoms. The van der Waals surface area contributed by atoms with Crippen LogP contribution in [0.2, 0.25) is 0 Å². The Balaban J connectivity index is -0.0000000632. The fraction of sp³-hybridized carbons (Fsp3) is 0.867. The van der Waals surface area contributed by atoms with Crippen molar-refractivity contribution in [3.63, 3.8) is 0 Å². The number of carboxylic acid groups (broad SMARTS) is 2. The van der Waals surface area contributed by atoms with Gasteiger partial charge in [0.05, 0.1) is 13.2 Å². The van der Waals surface area contributed by atoms with Gasteiger partial charge < -0.3 is 53.6 Å². The normalized spacial score (nSPS) is 11.4. The number of rotatable bonds is 8. The van der Waals surface area contributed by atoms with Gasteiger partial charge in [0.1, 0.15) is 0 Å². The van der Waals surface area contributed by atoms with Crippen LogP contribution in [0.4, 0.5) is 0 Å². The Labute approximate surface area is 227 Å². The van der Waals surface area contributed by atoms with Crippen molar-refractivity contribution in [1.82, 2.24) is 0 Å². The predicted molar refractivity (Wildman–Crippen MR) is 129 cm³/mol. The van der Waals surface area contributed by atoms with Crippen LogP contribution in [0.1, 0.15) is 25.7 Å². The molecule has 0 unspecified atom stereocenters. The van der Waals surface area contributed by atoms with E-state index < -0.39 is 17.4 Å². The van der Waals surface area contributed by atoms with Crippen LogP contribution in [0.15, 0.2) is 0 Å². The molecule has 1 aliphatic carbocycles. The fourth-order valence-electron chi connectivity index (χ4n) is 0.827. The van der Waals surface area contributed by atoms with Crippen LogP contribution in [-0.4, -0.2) is 95.2 Å². The maximum atomic E-state index is 10.1. The van der Waals surface area contributed by atoms with E-state index in [4.69, 9.17) is 53.6 Å². The molecule has 0 saturated heterocycles. The Morgan fingerprint density at radius 1 is 0.710 bits per heavy atom. The Morgan fingerprint density at radius 3 is 0.935 bits per heavy atom. The first kappa shape index (κ1) is 45.9.